The average Bonchev–Trinajstić information content (AvgIpc) is 2.28. The summed E-state index contributed by atoms with van der Waals surface area (Å²) >= 11 is 0. The predicted molar refractivity (Wildman–Crippen MR) is 65.9 cm³/mol. The van der Waals surface area contributed by atoms with E-state index in [9.17, 15) is 4.79 Å². The van der Waals surface area contributed by atoms with Crippen molar-refractivity contribution >= 4 is 5.78 Å². The first kappa shape index (κ1) is 12.8. The van der Waals surface area contributed by atoms with Crippen LogP contribution in [0.1, 0.15) is 38.1 Å². The van der Waals surface area contributed by atoms with Crippen molar-refractivity contribution in [3.63, 3.8) is 0 Å². The molecule has 1 aromatic rings. The van der Waals surface area contributed by atoms with Gasteiger partial charge in [0.2, 0.25) is 0 Å². The van der Waals surface area contributed by atoms with E-state index >= 15 is 0 Å². The molecule has 1 rings (SSSR count). The van der Waals surface area contributed by atoms with Crippen LogP contribution in [0, 0.1) is 11.8 Å². The molecule has 16 heavy (non-hydrogen) atoms. The van der Waals surface area contributed by atoms with Crippen molar-refractivity contribution in [3.05, 3.63) is 29.8 Å². The Hall–Kier alpha value is -1.31. The minimum atomic E-state index is 0.0675. The number of hydrogen-bond donors (Lipinski definition) is 0. The van der Waals surface area contributed by atoms with Crippen LogP contribution in [0.2, 0.25) is 0 Å². The highest BCUT2D eigenvalue weighted by molar-refractivity contribution is 5.97. The first-order chi connectivity index (χ1) is 7.56. The van der Waals surface area contributed by atoms with Crippen LogP contribution in [0.4, 0.5) is 0 Å². The van der Waals surface area contributed by atoms with Crippen LogP contribution in [0.15, 0.2) is 24.3 Å². The minimum Gasteiger partial charge on any atom is -0.494 e. The highest BCUT2D eigenvalue weighted by Crippen LogP contribution is 2.19. The van der Waals surface area contributed by atoms with Gasteiger partial charge in [0, 0.05) is 11.5 Å². The molecule has 88 valence electrons. The summed E-state index contributed by atoms with van der Waals surface area (Å²) in [4.78, 5) is 12.0. The number of carbonyl (C=O) groups excluding carboxylic acids is 1. The van der Waals surface area contributed by atoms with E-state index in [1.54, 1.807) is 0 Å². The lowest BCUT2D eigenvalue weighted by Crippen LogP contribution is -2.16. The summed E-state index contributed by atoms with van der Waals surface area (Å²) in [5, 5.41) is 0. The lowest BCUT2D eigenvalue weighted by molar-refractivity contribution is 0.0899. The number of hydrogen-bond acceptors (Lipinski definition) is 2. The van der Waals surface area contributed by atoms with Gasteiger partial charge in [0.15, 0.2) is 5.78 Å². The van der Waals surface area contributed by atoms with Gasteiger partial charge in [-0.3, -0.25) is 4.79 Å². The maximum atomic E-state index is 12.0. The second-order valence-electron chi connectivity index (χ2n) is 4.35. The topological polar surface area (TPSA) is 26.3 Å². The zero-order valence-corrected chi connectivity index (χ0v) is 10.5. The predicted octanol–water partition coefficient (Wildman–Crippen LogP) is 3.56. The third-order valence-electron chi connectivity index (χ3n) is 2.86. The Bertz CT molecular complexity index is 338. The van der Waals surface area contributed by atoms with Gasteiger partial charge in [-0.1, -0.05) is 20.8 Å². The second-order valence-corrected chi connectivity index (χ2v) is 4.35. The molecule has 0 aliphatic rings. The third kappa shape index (κ3) is 3.09. The molecule has 1 aromatic carbocycles. The van der Waals surface area contributed by atoms with Crippen molar-refractivity contribution in [2.45, 2.75) is 27.7 Å². The Balaban J connectivity index is 2.77. The molecule has 0 fully saturated rings. The molecule has 0 amide bonds. The summed E-state index contributed by atoms with van der Waals surface area (Å²) in [5.74, 6) is 1.46. The van der Waals surface area contributed by atoms with Crippen molar-refractivity contribution in [3.8, 4) is 5.75 Å². The van der Waals surface area contributed by atoms with Gasteiger partial charge < -0.3 is 4.74 Å². The molecule has 2 nitrogen and oxygen atoms in total. The Morgan fingerprint density at radius 2 is 1.75 bits per heavy atom. The molecule has 0 N–H and O–H groups in total. The lowest BCUT2D eigenvalue weighted by Gasteiger charge is -2.14. The van der Waals surface area contributed by atoms with Crippen molar-refractivity contribution < 1.29 is 9.53 Å². The van der Waals surface area contributed by atoms with Gasteiger partial charge in [-0.25, -0.2) is 0 Å². The van der Waals surface area contributed by atoms with E-state index < -0.39 is 0 Å². The van der Waals surface area contributed by atoms with Crippen molar-refractivity contribution in [2.75, 3.05) is 6.61 Å². The lowest BCUT2D eigenvalue weighted by atomic mass is 9.90. The summed E-state index contributed by atoms with van der Waals surface area (Å²) in [6.45, 7) is 8.70. The van der Waals surface area contributed by atoms with E-state index in [-0.39, 0.29) is 11.7 Å². The van der Waals surface area contributed by atoms with Crippen molar-refractivity contribution in [1.82, 2.24) is 0 Å². The molecule has 0 bridgehead atoms. The number of benzene rings is 1. The van der Waals surface area contributed by atoms with Crippen LogP contribution in [0.5, 0.6) is 5.75 Å². The third-order valence-corrected chi connectivity index (χ3v) is 2.86. The fourth-order valence-corrected chi connectivity index (χ4v) is 1.45. The molecule has 0 radical (unpaired) electrons. The first-order valence-electron chi connectivity index (χ1n) is 5.83. The van der Waals surface area contributed by atoms with Gasteiger partial charge in [-0.15, -0.1) is 0 Å². The number of ketones is 1. The molecular weight excluding hydrogens is 200 g/mol. The molecule has 1 unspecified atom stereocenters. The summed E-state index contributed by atoms with van der Waals surface area (Å²) in [7, 11) is 0. The molecular formula is C14H20O2. The SMILES string of the molecule is CCOc1ccc(C(=O)C(C)C(C)C)cc1. The fraction of sp³-hybridized carbons (Fsp3) is 0.500. The summed E-state index contributed by atoms with van der Waals surface area (Å²) in [6, 6.07) is 7.38. The van der Waals surface area contributed by atoms with E-state index in [1.165, 1.54) is 0 Å². The van der Waals surface area contributed by atoms with Crippen LogP contribution in [0.3, 0.4) is 0 Å². The summed E-state index contributed by atoms with van der Waals surface area (Å²) < 4.78 is 5.34. The molecule has 0 aromatic heterocycles. The normalized spacial score (nSPS) is 12.6. The zero-order valence-electron chi connectivity index (χ0n) is 10.5. The van der Waals surface area contributed by atoms with Gasteiger partial charge in [-0.2, -0.15) is 0 Å². The first-order valence-corrected chi connectivity index (χ1v) is 5.83. The molecule has 0 aliphatic heterocycles. The number of rotatable bonds is 5. The second kappa shape index (κ2) is 5.69. The molecule has 0 aliphatic carbocycles. The quantitative estimate of drug-likeness (QED) is 0.709. The maximum absolute atomic E-state index is 12.0. The number of carbonyl (C=O) groups is 1. The van der Waals surface area contributed by atoms with E-state index in [2.05, 4.69) is 13.8 Å². The zero-order chi connectivity index (χ0) is 12.1. The van der Waals surface area contributed by atoms with Crippen LogP contribution < -0.4 is 4.74 Å². The molecule has 0 spiro atoms. The van der Waals surface area contributed by atoms with E-state index in [4.69, 9.17) is 4.74 Å². The highest BCUT2D eigenvalue weighted by atomic mass is 16.5. The van der Waals surface area contributed by atoms with E-state index in [0.29, 0.717) is 12.5 Å². The van der Waals surface area contributed by atoms with Gasteiger partial charge in [0.1, 0.15) is 5.75 Å². The Labute approximate surface area is 97.6 Å². The van der Waals surface area contributed by atoms with Gasteiger partial charge in [0.05, 0.1) is 6.61 Å². The molecule has 1 atom stereocenters. The Morgan fingerprint density at radius 3 is 2.19 bits per heavy atom. The summed E-state index contributed by atoms with van der Waals surface area (Å²) in [6.07, 6.45) is 0. The maximum Gasteiger partial charge on any atom is 0.165 e. The van der Waals surface area contributed by atoms with Crippen LogP contribution in [-0.2, 0) is 0 Å². The molecule has 0 saturated heterocycles. The van der Waals surface area contributed by atoms with Gasteiger partial charge in [-0.05, 0) is 37.1 Å². The highest BCUT2D eigenvalue weighted by Gasteiger charge is 2.18. The van der Waals surface area contributed by atoms with E-state index in [1.807, 2.05) is 38.1 Å². The minimum absolute atomic E-state index is 0.0675. The largest absolute Gasteiger partial charge is 0.494 e. The van der Waals surface area contributed by atoms with Crippen LogP contribution in [0.25, 0.3) is 0 Å². The van der Waals surface area contributed by atoms with Crippen LogP contribution >= 0.6 is 0 Å². The summed E-state index contributed by atoms with van der Waals surface area (Å²) in [5.41, 5.74) is 0.768. The Kier molecular flexibility index (Phi) is 4.53. The molecule has 2 heteroatoms. The Morgan fingerprint density at radius 1 is 1.19 bits per heavy atom. The van der Waals surface area contributed by atoms with Gasteiger partial charge >= 0.3 is 0 Å². The smallest absolute Gasteiger partial charge is 0.165 e. The fourth-order valence-electron chi connectivity index (χ4n) is 1.45. The number of ether oxygens (including phenoxy) is 1. The number of Topliss-reactive ketones (excluding diaryl/α,β-unsaturated/α-hetero) is 1. The average molecular weight is 220 g/mol. The van der Waals surface area contributed by atoms with Crippen molar-refractivity contribution in [2.24, 2.45) is 11.8 Å². The van der Waals surface area contributed by atoms with Gasteiger partial charge in [0.25, 0.3) is 0 Å². The molecule has 0 saturated carbocycles. The monoisotopic (exact) mass is 220 g/mol. The molecule has 0 heterocycles. The van der Waals surface area contributed by atoms with Crippen molar-refractivity contribution in [1.29, 1.82) is 0 Å². The van der Waals surface area contributed by atoms with E-state index in [0.717, 1.165) is 11.3 Å². The standard InChI is InChI=1S/C14H20O2/c1-5-16-13-8-6-12(7-9-13)14(15)11(4)10(2)3/h6-11H,5H2,1-4H3. The van der Waals surface area contributed by atoms with Crippen LogP contribution in [-0.4, -0.2) is 12.4 Å².